The molecule has 0 N–H and O–H groups in total. The summed E-state index contributed by atoms with van der Waals surface area (Å²) in [6, 6.07) is 9.64. The average Bonchev–Trinajstić information content (AvgIpc) is 3.16. The minimum Gasteiger partial charge on any atom is -0.496 e. The SMILES string of the molecule is COc1ccc(-c2nnc(/C=C/c3cccs3)o2)cc1Br. The van der Waals surface area contributed by atoms with Gasteiger partial charge in [-0.1, -0.05) is 6.07 Å². The van der Waals surface area contributed by atoms with Crippen LogP contribution in [0.15, 0.2) is 44.6 Å². The van der Waals surface area contributed by atoms with Crippen molar-refractivity contribution in [3.05, 3.63) is 51.0 Å². The summed E-state index contributed by atoms with van der Waals surface area (Å²) in [7, 11) is 1.62. The molecule has 2 aromatic heterocycles. The van der Waals surface area contributed by atoms with Gasteiger partial charge in [0.1, 0.15) is 5.75 Å². The van der Waals surface area contributed by atoms with Gasteiger partial charge in [0.05, 0.1) is 11.6 Å². The maximum absolute atomic E-state index is 5.63. The van der Waals surface area contributed by atoms with Crippen molar-refractivity contribution < 1.29 is 9.15 Å². The van der Waals surface area contributed by atoms with E-state index < -0.39 is 0 Å². The van der Waals surface area contributed by atoms with Crippen molar-refractivity contribution >= 4 is 39.4 Å². The summed E-state index contributed by atoms with van der Waals surface area (Å²) in [5.41, 5.74) is 0.839. The third-order valence-electron chi connectivity index (χ3n) is 2.77. The molecule has 0 bridgehead atoms. The topological polar surface area (TPSA) is 48.2 Å². The molecule has 0 amide bonds. The first-order valence-corrected chi connectivity index (χ1v) is 7.82. The Bertz CT molecular complexity index is 766. The molecule has 1 aromatic carbocycles. The van der Waals surface area contributed by atoms with Crippen molar-refractivity contribution in [2.75, 3.05) is 7.11 Å². The summed E-state index contributed by atoms with van der Waals surface area (Å²) in [5, 5.41) is 10.1. The highest BCUT2D eigenvalue weighted by atomic mass is 79.9. The van der Waals surface area contributed by atoms with Crippen molar-refractivity contribution in [2.24, 2.45) is 0 Å². The second-order valence-corrected chi connectivity index (χ2v) is 5.98. The normalized spacial score (nSPS) is 11.1. The molecule has 0 aliphatic heterocycles. The molecule has 0 aliphatic carbocycles. The third kappa shape index (κ3) is 3.22. The molecule has 0 atom stereocenters. The van der Waals surface area contributed by atoms with Crippen LogP contribution in [0.5, 0.6) is 5.75 Å². The zero-order valence-electron chi connectivity index (χ0n) is 11.1. The van der Waals surface area contributed by atoms with Crippen LogP contribution in [0.4, 0.5) is 0 Å². The monoisotopic (exact) mass is 362 g/mol. The number of aromatic nitrogens is 2. The smallest absolute Gasteiger partial charge is 0.248 e. The van der Waals surface area contributed by atoms with E-state index in [9.17, 15) is 0 Å². The highest BCUT2D eigenvalue weighted by Gasteiger charge is 2.09. The number of ether oxygens (including phenoxy) is 1. The van der Waals surface area contributed by atoms with E-state index in [1.54, 1.807) is 24.5 Å². The number of methoxy groups -OCH3 is 1. The maximum atomic E-state index is 5.63. The van der Waals surface area contributed by atoms with Crippen LogP contribution in [-0.4, -0.2) is 17.3 Å². The van der Waals surface area contributed by atoms with Crippen LogP contribution in [-0.2, 0) is 0 Å². The first-order chi connectivity index (χ1) is 10.3. The Morgan fingerprint density at radius 1 is 1.24 bits per heavy atom. The number of halogens is 1. The van der Waals surface area contributed by atoms with E-state index in [1.807, 2.05) is 41.8 Å². The zero-order valence-corrected chi connectivity index (χ0v) is 13.5. The predicted molar refractivity (Wildman–Crippen MR) is 87.2 cm³/mol. The quantitative estimate of drug-likeness (QED) is 0.672. The van der Waals surface area contributed by atoms with Crippen LogP contribution in [0.1, 0.15) is 10.8 Å². The Kier molecular flexibility index (Phi) is 4.17. The van der Waals surface area contributed by atoms with Crippen LogP contribution in [0.2, 0.25) is 0 Å². The molecule has 0 fully saturated rings. The van der Waals surface area contributed by atoms with Gasteiger partial charge in [0.15, 0.2) is 0 Å². The lowest BCUT2D eigenvalue weighted by Crippen LogP contribution is -1.85. The summed E-state index contributed by atoms with van der Waals surface area (Å²) < 4.78 is 11.7. The van der Waals surface area contributed by atoms with E-state index in [2.05, 4.69) is 26.1 Å². The van der Waals surface area contributed by atoms with E-state index in [4.69, 9.17) is 9.15 Å². The van der Waals surface area contributed by atoms with Gasteiger partial charge in [-0.05, 0) is 51.7 Å². The van der Waals surface area contributed by atoms with Crippen molar-refractivity contribution in [3.8, 4) is 17.2 Å². The second kappa shape index (κ2) is 6.24. The summed E-state index contributed by atoms with van der Waals surface area (Å²) in [5.74, 6) is 1.71. The fourth-order valence-electron chi connectivity index (χ4n) is 1.76. The predicted octanol–water partition coefficient (Wildman–Crippen LogP) is 4.74. The van der Waals surface area contributed by atoms with E-state index in [0.29, 0.717) is 11.8 Å². The number of rotatable bonds is 4. The molecule has 21 heavy (non-hydrogen) atoms. The Morgan fingerprint density at radius 2 is 2.14 bits per heavy atom. The first kappa shape index (κ1) is 14.0. The summed E-state index contributed by atoms with van der Waals surface area (Å²) in [6.07, 6.45) is 3.76. The van der Waals surface area contributed by atoms with E-state index in [1.165, 1.54) is 0 Å². The molecule has 0 saturated heterocycles. The standard InChI is InChI=1S/C15H11BrN2O2S/c1-19-13-6-4-10(9-12(13)16)15-18-17-14(20-15)7-5-11-3-2-8-21-11/h2-9H,1H3/b7-5+. The zero-order chi connectivity index (χ0) is 14.7. The van der Waals surface area contributed by atoms with Gasteiger partial charge in [-0.2, -0.15) is 0 Å². The lowest BCUT2D eigenvalue weighted by molar-refractivity contribution is 0.412. The lowest BCUT2D eigenvalue weighted by Gasteiger charge is -2.03. The fourth-order valence-corrected chi connectivity index (χ4v) is 2.92. The van der Waals surface area contributed by atoms with Gasteiger partial charge in [-0.3, -0.25) is 0 Å². The van der Waals surface area contributed by atoms with Crippen molar-refractivity contribution in [1.82, 2.24) is 10.2 Å². The first-order valence-electron chi connectivity index (χ1n) is 6.15. The van der Waals surface area contributed by atoms with Crippen LogP contribution in [0.3, 0.4) is 0 Å². The molecule has 2 heterocycles. The molecule has 106 valence electrons. The Hall–Kier alpha value is -1.92. The van der Waals surface area contributed by atoms with Gasteiger partial charge >= 0.3 is 0 Å². The fraction of sp³-hybridized carbons (Fsp3) is 0.0667. The van der Waals surface area contributed by atoms with Crippen LogP contribution in [0.25, 0.3) is 23.6 Å². The van der Waals surface area contributed by atoms with E-state index >= 15 is 0 Å². The van der Waals surface area contributed by atoms with E-state index in [0.717, 1.165) is 20.7 Å². The largest absolute Gasteiger partial charge is 0.496 e. The van der Waals surface area contributed by atoms with Crippen molar-refractivity contribution in [1.29, 1.82) is 0 Å². The molecule has 0 aliphatic rings. The number of hydrogen-bond acceptors (Lipinski definition) is 5. The Labute approximate surface area is 134 Å². The van der Waals surface area contributed by atoms with Crippen molar-refractivity contribution in [2.45, 2.75) is 0 Å². The molecule has 0 spiro atoms. The van der Waals surface area contributed by atoms with Gasteiger partial charge in [0, 0.05) is 16.5 Å². The summed E-state index contributed by atoms with van der Waals surface area (Å²) >= 11 is 5.10. The van der Waals surface area contributed by atoms with Gasteiger partial charge in [-0.25, -0.2) is 0 Å². The third-order valence-corrected chi connectivity index (χ3v) is 4.23. The molecule has 3 aromatic rings. The van der Waals surface area contributed by atoms with Crippen molar-refractivity contribution in [3.63, 3.8) is 0 Å². The van der Waals surface area contributed by atoms with Crippen LogP contribution in [0, 0.1) is 0 Å². The molecule has 0 unspecified atom stereocenters. The number of thiophene rings is 1. The molecular formula is C15H11BrN2O2S. The van der Waals surface area contributed by atoms with Gasteiger partial charge in [0.2, 0.25) is 11.8 Å². The van der Waals surface area contributed by atoms with E-state index in [-0.39, 0.29) is 0 Å². The second-order valence-electron chi connectivity index (χ2n) is 4.14. The number of benzene rings is 1. The van der Waals surface area contributed by atoms with Gasteiger partial charge < -0.3 is 9.15 Å². The molecule has 4 nitrogen and oxygen atoms in total. The lowest BCUT2D eigenvalue weighted by atomic mass is 10.2. The molecule has 3 rings (SSSR count). The molecule has 0 radical (unpaired) electrons. The Balaban J connectivity index is 1.83. The highest BCUT2D eigenvalue weighted by Crippen LogP contribution is 2.30. The maximum Gasteiger partial charge on any atom is 0.248 e. The minimum absolute atomic E-state index is 0.476. The van der Waals surface area contributed by atoms with Gasteiger partial charge in [-0.15, -0.1) is 21.5 Å². The average molecular weight is 363 g/mol. The summed E-state index contributed by atoms with van der Waals surface area (Å²) in [4.78, 5) is 1.14. The molecular weight excluding hydrogens is 352 g/mol. The number of hydrogen-bond donors (Lipinski definition) is 0. The number of nitrogens with zero attached hydrogens (tertiary/aromatic N) is 2. The van der Waals surface area contributed by atoms with Crippen LogP contribution < -0.4 is 4.74 Å². The van der Waals surface area contributed by atoms with Gasteiger partial charge in [0.25, 0.3) is 0 Å². The highest BCUT2D eigenvalue weighted by molar-refractivity contribution is 9.10. The minimum atomic E-state index is 0.476. The Morgan fingerprint density at radius 3 is 2.86 bits per heavy atom. The molecule has 6 heteroatoms. The molecule has 0 saturated carbocycles. The summed E-state index contributed by atoms with van der Waals surface area (Å²) in [6.45, 7) is 0. The van der Waals surface area contributed by atoms with Crippen LogP contribution >= 0.6 is 27.3 Å².